The third-order valence-corrected chi connectivity index (χ3v) is 2.21. The van der Waals surface area contributed by atoms with Gasteiger partial charge in [0.15, 0.2) is 0 Å². The minimum Gasteiger partial charge on any atom is -0.459 e. The summed E-state index contributed by atoms with van der Waals surface area (Å²) in [6, 6.07) is 0. The van der Waals surface area contributed by atoms with Gasteiger partial charge in [0.05, 0.1) is 0 Å². The van der Waals surface area contributed by atoms with Crippen LogP contribution in [-0.4, -0.2) is 30.4 Å². The van der Waals surface area contributed by atoms with Gasteiger partial charge in [0.1, 0.15) is 17.3 Å². The standard InChI is InChI=1S/C11H19NO3.ClH/c1-11(2,3)15-10(14)8-7-12-6-4-5-9(8)13;/h8,12H,4-7H2,1-3H3;1H. The minimum absolute atomic E-state index is 0. The maximum atomic E-state index is 11.7. The molecule has 0 spiro atoms. The molecule has 1 unspecified atom stereocenters. The first-order chi connectivity index (χ1) is 6.90. The largest absolute Gasteiger partial charge is 0.459 e. The van der Waals surface area contributed by atoms with E-state index in [1.54, 1.807) is 20.8 Å². The molecule has 0 radical (unpaired) electrons. The highest BCUT2D eigenvalue weighted by atomic mass is 35.5. The Labute approximate surface area is 103 Å². The second kappa shape index (κ2) is 6.21. The second-order valence-electron chi connectivity index (χ2n) is 4.86. The molecule has 1 rings (SSSR count). The predicted octanol–water partition coefficient (Wildman–Crippen LogP) is 1.32. The van der Waals surface area contributed by atoms with E-state index in [1.165, 1.54) is 0 Å². The van der Waals surface area contributed by atoms with E-state index in [-0.39, 0.29) is 18.2 Å². The van der Waals surface area contributed by atoms with Crippen LogP contribution in [0, 0.1) is 5.92 Å². The molecule has 1 aliphatic heterocycles. The lowest BCUT2D eigenvalue weighted by molar-refractivity contribution is -0.161. The minimum atomic E-state index is -0.619. The number of esters is 1. The zero-order chi connectivity index (χ0) is 11.5. The van der Waals surface area contributed by atoms with Crippen LogP contribution in [0.2, 0.25) is 0 Å². The summed E-state index contributed by atoms with van der Waals surface area (Å²) in [5.74, 6) is -1.03. The number of Topliss-reactive ketones (excluding diaryl/α,β-unsaturated/α-hetero) is 1. The molecule has 1 heterocycles. The lowest BCUT2D eigenvalue weighted by Gasteiger charge is -2.22. The number of rotatable bonds is 1. The van der Waals surface area contributed by atoms with E-state index in [0.29, 0.717) is 13.0 Å². The Morgan fingerprint density at radius 3 is 2.62 bits per heavy atom. The van der Waals surface area contributed by atoms with Crippen molar-refractivity contribution in [2.75, 3.05) is 13.1 Å². The van der Waals surface area contributed by atoms with Gasteiger partial charge in [-0.05, 0) is 33.7 Å². The first-order valence-corrected chi connectivity index (χ1v) is 5.36. The van der Waals surface area contributed by atoms with Crippen molar-refractivity contribution in [2.45, 2.75) is 39.2 Å². The van der Waals surface area contributed by atoms with Gasteiger partial charge in [-0.15, -0.1) is 12.4 Å². The van der Waals surface area contributed by atoms with E-state index >= 15 is 0 Å². The predicted molar refractivity (Wildman–Crippen MR) is 63.7 cm³/mol. The number of hydrogen-bond donors (Lipinski definition) is 1. The summed E-state index contributed by atoms with van der Waals surface area (Å²) in [4.78, 5) is 23.3. The molecular formula is C11H20ClNO3. The lowest BCUT2D eigenvalue weighted by Crippen LogP contribution is -2.37. The molecule has 0 aromatic heterocycles. The van der Waals surface area contributed by atoms with Gasteiger partial charge in [0.25, 0.3) is 0 Å². The highest BCUT2D eigenvalue weighted by molar-refractivity contribution is 5.99. The van der Waals surface area contributed by atoms with Crippen molar-refractivity contribution in [3.05, 3.63) is 0 Å². The number of ether oxygens (including phenoxy) is 1. The van der Waals surface area contributed by atoms with Gasteiger partial charge in [-0.3, -0.25) is 9.59 Å². The number of carbonyl (C=O) groups excluding carboxylic acids is 2. The normalized spacial score (nSPS) is 21.9. The van der Waals surface area contributed by atoms with Crippen molar-refractivity contribution >= 4 is 24.2 Å². The van der Waals surface area contributed by atoms with Gasteiger partial charge in [-0.1, -0.05) is 0 Å². The quantitative estimate of drug-likeness (QED) is 0.563. The first kappa shape index (κ1) is 15.4. The summed E-state index contributed by atoms with van der Waals surface area (Å²) < 4.78 is 5.20. The summed E-state index contributed by atoms with van der Waals surface area (Å²) in [5.41, 5.74) is -0.524. The Morgan fingerprint density at radius 2 is 2.06 bits per heavy atom. The summed E-state index contributed by atoms with van der Waals surface area (Å²) >= 11 is 0. The summed E-state index contributed by atoms with van der Waals surface area (Å²) in [5, 5.41) is 3.07. The fourth-order valence-electron chi connectivity index (χ4n) is 1.51. The monoisotopic (exact) mass is 249 g/mol. The van der Waals surface area contributed by atoms with Crippen molar-refractivity contribution in [1.82, 2.24) is 5.32 Å². The number of nitrogens with one attached hydrogen (secondary N) is 1. The van der Waals surface area contributed by atoms with Crippen molar-refractivity contribution in [3.8, 4) is 0 Å². The van der Waals surface area contributed by atoms with Crippen LogP contribution in [-0.2, 0) is 14.3 Å². The molecule has 1 saturated heterocycles. The Bertz CT molecular complexity index is 260. The second-order valence-corrected chi connectivity index (χ2v) is 4.86. The highest BCUT2D eigenvalue weighted by Crippen LogP contribution is 2.14. The zero-order valence-electron chi connectivity index (χ0n) is 10.0. The molecule has 0 aliphatic carbocycles. The number of halogens is 1. The lowest BCUT2D eigenvalue weighted by atomic mass is 10.0. The van der Waals surface area contributed by atoms with E-state index < -0.39 is 17.5 Å². The molecule has 0 amide bonds. The third kappa shape index (κ3) is 4.94. The Morgan fingerprint density at radius 1 is 1.44 bits per heavy atom. The first-order valence-electron chi connectivity index (χ1n) is 5.36. The van der Waals surface area contributed by atoms with Gasteiger partial charge in [-0.2, -0.15) is 0 Å². The van der Waals surface area contributed by atoms with E-state index in [1.807, 2.05) is 0 Å². The molecule has 4 nitrogen and oxygen atoms in total. The summed E-state index contributed by atoms with van der Waals surface area (Å²) in [6.07, 6.45) is 1.27. The molecule has 1 N–H and O–H groups in total. The molecular weight excluding hydrogens is 230 g/mol. The summed E-state index contributed by atoms with van der Waals surface area (Å²) in [6.45, 7) is 6.62. The smallest absolute Gasteiger partial charge is 0.318 e. The van der Waals surface area contributed by atoms with Crippen LogP contribution >= 0.6 is 12.4 Å². The van der Waals surface area contributed by atoms with Crippen LogP contribution < -0.4 is 5.32 Å². The molecule has 5 heteroatoms. The number of ketones is 1. The van der Waals surface area contributed by atoms with Crippen LogP contribution in [0.3, 0.4) is 0 Å². The third-order valence-electron chi connectivity index (χ3n) is 2.21. The SMILES string of the molecule is CC(C)(C)OC(=O)C1CNCCCC1=O.Cl. The van der Waals surface area contributed by atoms with Crippen LogP contribution in [0.1, 0.15) is 33.6 Å². The Kier molecular flexibility index (Phi) is 5.97. The molecule has 0 aromatic carbocycles. The zero-order valence-corrected chi connectivity index (χ0v) is 10.9. The molecule has 0 bridgehead atoms. The fraction of sp³-hybridized carbons (Fsp3) is 0.818. The van der Waals surface area contributed by atoms with Crippen LogP contribution in [0.5, 0.6) is 0 Å². The van der Waals surface area contributed by atoms with Gasteiger partial charge in [0.2, 0.25) is 0 Å². The molecule has 1 fully saturated rings. The van der Waals surface area contributed by atoms with Crippen molar-refractivity contribution < 1.29 is 14.3 Å². The van der Waals surface area contributed by atoms with E-state index in [4.69, 9.17) is 4.74 Å². The van der Waals surface area contributed by atoms with Crippen LogP contribution in [0.4, 0.5) is 0 Å². The average Bonchev–Trinajstić information content (AvgIpc) is 2.26. The van der Waals surface area contributed by atoms with Crippen molar-refractivity contribution in [1.29, 1.82) is 0 Å². The van der Waals surface area contributed by atoms with E-state index in [0.717, 1.165) is 13.0 Å². The van der Waals surface area contributed by atoms with Crippen molar-refractivity contribution in [2.24, 2.45) is 5.92 Å². The highest BCUT2D eigenvalue weighted by Gasteiger charge is 2.31. The molecule has 1 aliphatic rings. The topological polar surface area (TPSA) is 55.4 Å². The van der Waals surface area contributed by atoms with Gasteiger partial charge in [-0.25, -0.2) is 0 Å². The fourth-order valence-corrected chi connectivity index (χ4v) is 1.51. The maximum Gasteiger partial charge on any atom is 0.318 e. The molecule has 1 atom stereocenters. The number of hydrogen-bond acceptors (Lipinski definition) is 4. The van der Waals surface area contributed by atoms with E-state index in [2.05, 4.69) is 5.32 Å². The molecule has 16 heavy (non-hydrogen) atoms. The van der Waals surface area contributed by atoms with Gasteiger partial charge < -0.3 is 10.1 Å². The molecule has 0 saturated carbocycles. The van der Waals surface area contributed by atoms with Gasteiger partial charge in [0, 0.05) is 13.0 Å². The van der Waals surface area contributed by atoms with Crippen LogP contribution in [0.15, 0.2) is 0 Å². The van der Waals surface area contributed by atoms with E-state index in [9.17, 15) is 9.59 Å². The summed E-state index contributed by atoms with van der Waals surface area (Å²) in [7, 11) is 0. The molecule has 94 valence electrons. The van der Waals surface area contributed by atoms with Crippen molar-refractivity contribution in [3.63, 3.8) is 0 Å². The van der Waals surface area contributed by atoms with Gasteiger partial charge >= 0.3 is 5.97 Å². The Hall–Kier alpha value is -0.610. The number of carbonyl (C=O) groups is 2. The van der Waals surface area contributed by atoms with Crippen LogP contribution in [0.25, 0.3) is 0 Å². The molecule has 0 aromatic rings. The maximum absolute atomic E-state index is 11.7. The Balaban J connectivity index is 0.00000225. The average molecular weight is 250 g/mol.